The fourth-order valence-electron chi connectivity index (χ4n) is 5.07. The number of nitrogens with one attached hydrogen (secondary N) is 1. The van der Waals surface area contributed by atoms with Crippen LogP contribution in [0.4, 0.5) is 5.69 Å². The Morgan fingerprint density at radius 1 is 1.12 bits per heavy atom. The first kappa shape index (κ1) is 23.0. The Morgan fingerprint density at radius 2 is 1.88 bits per heavy atom. The van der Waals surface area contributed by atoms with Crippen LogP contribution in [0.2, 0.25) is 0 Å². The van der Waals surface area contributed by atoms with E-state index < -0.39 is 10.0 Å². The molecule has 0 radical (unpaired) electrons. The summed E-state index contributed by atoms with van der Waals surface area (Å²) in [6.45, 7) is 4.49. The molecule has 1 aromatic carbocycles. The van der Waals surface area contributed by atoms with Gasteiger partial charge in [0.05, 0.1) is 17.3 Å². The summed E-state index contributed by atoms with van der Waals surface area (Å²) < 4.78 is 30.1. The van der Waals surface area contributed by atoms with Crippen LogP contribution in [0, 0.1) is 19.8 Å². The first-order chi connectivity index (χ1) is 16.3. The number of sulfonamides is 1. The molecule has 9 nitrogen and oxygen atoms in total. The van der Waals surface area contributed by atoms with E-state index in [0.29, 0.717) is 37.3 Å². The topological polar surface area (TPSA) is 105 Å². The molecule has 0 spiro atoms. The van der Waals surface area contributed by atoms with E-state index in [1.165, 1.54) is 8.99 Å². The van der Waals surface area contributed by atoms with Gasteiger partial charge in [-0.2, -0.15) is 9.40 Å². The van der Waals surface area contributed by atoms with Crippen LogP contribution < -0.4 is 10.2 Å². The monoisotopic (exact) mass is 485 g/mol. The molecule has 2 fully saturated rings. The number of nitrogens with zero attached hydrogens (tertiary/aromatic N) is 4. The van der Waals surface area contributed by atoms with E-state index in [1.807, 2.05) is 24.3 Å². The minimum atomic E-state index is -3.84. The highest BCUT2D eigenvalue weighted by Crippen LogP contribution is 2.30. The number of benzene rings is 1. The largest absolute Gasteiger partial charge is 0.353 e. The fraction of sp³-hybridized carbons (Fsp3) is 0.542. The highest BCUT2D eigenvalue weighted by atomic mass is 32.2. The van der Waals surface area contributed by atoms with Gasteiger partial charge < -0.3 is 10.2 Å². The van der Waals surface area contributed by atoms with Crippen LogP contribution in [0.1, 0.15) is 42.6 Å². The van der Waals surface area contributed by atoms with E-state index in [4.69, 9.17) is 0 Å². The third kappa shape index (κ3) is 4.24. The Morgan fingerprint density at radius 3 is 2.65 bits per heavy atom. The molecule has 5 rings (SSSR count). The van der Waals surface area contributed by atoms with Gasteiger partial charge in [0.1, 0.15) is 11.4 Å². The van der Waals surface area contributed by atoms with E-state index in [0.717, 1.165) is 30.5 Å². The van der Waals surface area contributed by atoms with Gasteiger partial charge in [0, 0.05) is 31.4 Å². The standard InChI is InChI=1S/C24H31N5O4S/c1-16-23(34(32,33)27-12-5-7-19(14-27)24(31)25-20-9-10-20)17(2)29(26-16)15-22(30)28-13-11-18-6-3-4-8-21(18)28/h3-4,6,8,19-20H,5,7,9-15H2,1-2H3,(H,25,31)/t19-/m0/s1. The zero-order chi connectivity index (χ0) is 24.0. The van der Waals surface area contributed by atoms with Crippen LogP contribution in [-0.2, 0) is 32.6 Å². The average molecular weight is 486 g/mol. The molecule has 3 heterocycles. The van der Waals surface area contributed by atoms with Crippen molar-refractivity contribution in [3.63, 3.8) is 0 Å². The zero-order valence-corrected chi connectivity index (χ0v) is 20.5. The third-order valence-corrected chi connectivity index (χ3v) is 9.18. The predicted molar refractivity (Wildman–Crippen MR) is 127 cm³/mol. The van der Waals surface area contributed by atoms with Gasteiger partial charge in [0.25, 0.3) is 0 Å². The minimum Gasteiger partial charge on any atom is -0.353 e. The smallest absolute Gasteiger partial charge is 0.248 e. The summed E-state index contributed by atoms with van der Waals surface area (Å²) in [7, 11) is -3.84. The molecule has 2 aliphatic heterocycles. The van der Waals surface area contributed by atoms with Gasteiger partial charge in [-0.1, -0.05) is 18.2 Å². The fourth-order valence-corrected chi connectivity index (χ4v) is 6.97. The van der Waals surface area contributed by atoms with Crippen LogP contribution in [0.3, 0.4) is 0 Å². The molecule has 1 saturated heterocycles. The summed E-state index contributed by atoms with van der Waals surface area (Å²) in [5, 5.41) is 7.42. The number of fused-ring (bicyclic) bond motifs is 1. The van der Waals surface area contributed by atoms with Crippen molar-refractivity contribution in [3.05, 3.63) is 41.2 Å². The maximum atomic E-state index is 13.6. The number of carbonyl (C=O) groups excluding carboxylic acids is 2. The summed E-state index contributed by atoms with van der Waals surface area (Å²) in [6.07, 6.45) is 4.14. The number of aryl methyl sites for hydroxylation is 1. The van der Waals surface area contributed by atoms with Gasteiger partial charge in [-0.25, -0.2) is 8.42 Å². The van der Waals surface area contributed by atoms with Gasteiger partial charge in [-0.05, 0) is 57.6 Å². The number of aromatic nitrogens is 2. The lowest BCUT2D eigenvalue weighted by Gasteiger charge is -2.31. The van der Waals surface area contributed by atoms with Crippen molar-refractivity contribution in [1.29, 1.82) is 0 Å². The molecule has 1 atom stereocenters. The lowest BCUT2D eigenvalue weighted by Crippen LogP contribution is -2.46. The van der Waals surface area contributed by atoms with Crippen LogP contribution in [0.25, 0.3) is 0 Å². The van der Waals surface area contributed by atoms with E-state index in [2.05, 4.69) is 10.4 Å². The highest BCUT2D eigenvalue weighted by molar-refractivity contribution is 7.89. The predicted octanol–water partition coefficient (Wildman–Crippen LogP) is 1.77. The Hall–Kier alpha value is -2.72. The summed E-state index contributed by atoms with van der Waals surface area (Å²) in [4.78, 5) is 27.5. The molecule has 0 unspecified atom stereocenters. The molecule has 1 aromatic heterocycles. The number of hydrogen-bond donors (Lipinski definition) is 1. The number of para-hydroxylation sites is 1. The maximum Gasteiger partial charge on any atom is 0.248 e. The molecule has 10 heteroatoms. The molecule has 1 saturated carbocycles. The van der Waals surface area contributed by atoms with E-state index in [9.17, 15) is 18.0 Å². The van der Waals surface area contributed by atoms with E-state index in [1.54, 1.807) is 18.7 Å². The Bertz CT molecular complexity index is 1230. The average Bonchev–Trinajstić information content (AvgIpc) is 3.44. The normalized spacial score (nSPS) is 20.9. The summed E-state index contributed by atoms with van der Waals surface area (Å²) in [5.41, 5.74) is 2.86. The van der Waals surface area contributed by atoms with Crippen molar-refractivity contribution in [2.24, 2.45) is 5.92 Å². The lowest BCUT2D eigenvalue weighted by atomic mass is 9.99. The van der Waals surface area contributed by atoms with Gasteiger partial charge in [0.15, 0.2) is 0 Å². The van der Waals surface area contributed by atoms with Gasteiger partial charge in [0.2, 0.25) is 21.8 Å². The lowest BCUT2D eigenvalue weighted by molar-refractivity contribution is -0.126. The molecule has 34 heavy (non-hydrogen) atoms. The quantitative estimate of drug-likeness (QED) is 0.672. The molecule has 0 bridgehead atoms. The molecular weight excluding hydrogens is 454 g/mol. The van der Waals surface area contributed by atoms with Gasteiger partial charge in [-0.15, -0.1) is 0 Å². The summed E-state index contributed by atoms with van der Waals surface area (Å²) >= 11 is 0. The molecule has 1 N–H and O–H groups in total. The second-order valence-corrected chi connectivity index (χ2v) is 11.4. The number of rotatable bonds is 6. The number of anilines is 1. The first-order valence-electron chi connectivity index (χ1n) is 12.0. The summed E-state index contributed by atoms with van der Waals surface area (Å²) in [5.74, 6) is -0.506. The van der Waals surface area contributed by atoms with Crippen molar-refractivity contribution in [3.8, 4) is 0 Å². The number of amides is 2. The molecule has 1 aliphatic carbocycles. The second-order valence-electron chi connectivity index (χ2n) is 9.57. The Kier molecular flexibility index (Phi) is 5.97. The van der Waals surface area contributed by atoms with Crippen LogP contribution in [-0.4, -0.2) is 60.0 Å². The van der Waals surface area contributed by atoms with Crippen molar-refractivity contribution in [1.82, 2.24) is 19.4 Å². The van der Waals surface area contributed by atoms with E-state index in [-0.39, 0.29) is 41.8 Å². The van der Waals surface area contributed by atoms with Crippen LogP contribution in [0.15, 0.2) is 29.2 Å². The third-order valence-electron chi connectivity index (χ3n) is 7.06. The minimum absolute atomic E-state index is 0.0249. The van der Waals surface area contributed by atoms with Gasteiger partial charge >= 0.3 is 0 Å². The number of piperidine rings is 1. The van der Waals surface area contributed by atoms with Crippen molar-refractivity contribution >= 4 is 27.5 Å². The van der Waals surface area contributed by atoms with Gasteiger partial charge in [-0.3, -0.25) is 14.3 Å². The molecule has 3 aliphatic rings. The van der Waals surface area contributed by atoms with Crippen molar-refractivity contribution in [2.45, 2.75) is 63.4 Å². The number of carbonyl (C=O) groups is 2. The summed E-state index contributed by atoms with van der Waals surface area (Å²) in [6, 6.07) is 8.08. The molecule has 2 amide bonds. The van der Waals surface area contributed by atoms with E-state index >= 15 is 0 Å². The Balaban J connectivity index is 1.34. The highest BCUT2D eigenvalue weighted by Gasteiger charge is 2.38. The molecule has 2 aromatic rings. The van der Waals surface area contributed by atoms with Crippen LogP contribution in [0.5, 0.6) is 0 Å². The van der Waals surface area contributed by atoms with Crippen molar-refractivity contribution in [2.75, 3.05) is 24.5 Å². The van der Waals surface area contributed by atoms with Crippen molar-refractivity contribution < 1.29 is 18.0 Å². The first-order valence-corrected chi connectivity index (χ1v) is 13.4. The van der Waals surface area contributed by atoms with Crippen LogP contribution >= 0.6 is 0 Å². The maximum absolute atomic E-state index is 13.6. The molecule has 182 valence electrons. The zero-order valence-electron chi connectivity index (χ0n) is 19.7. The molecular formula is C24H31N5O4S. The SMILES string of the molecule is Cc1nn(CC(=O)N2CCc3ccccc32)c(C)c1S(=O)(=O)N1CCC[C@H](C(=O)NC2CC2)C1. The Labute approximate surface area is 200 Å². The second kappa shape index (κ2) is 8.81. The number of hydrogen-bond acceptors (Lipinski definition) is 5.